The maximum Gasteiger partial charge on any atom is 0.343 e. The number of hydrogen-bond donors (Lipinski definition) is 0. The van der Waals surface area contributed by atoms with Crippen LogP contribution in [0.5, 0.6) is 5.75 Å². The predicted octanol–water partition coefficient (Wildman–Crippen LogP) is 4.59. The summed E-state index contributed by atoms with van der Waals surface area (Å²) in [7, 11) is 0. The Morgan fingerprint density at radius 1 is 0.963 bits per heavy atom. The molecule has 0 aliphatic rings. The van der Waals surface area contributed by atoms with Crippen LogP contribution < -0.4 is 4.74 Å². The maximum atomic E-state index is 12.2. The first-order valence-electron chi connectivity index (χ1n) is 8.55. The molecule has 1 unspecified atom stereocenters. The molecule has 0 saturated heterocycles. The highest BCUT2D eigenvalue weighted by molar-refractivity contribution is 7.59. The van der Waals surface area contributed by atoms with Crippen molar-refractivity contribution in [1.29, 1.82) is 0 Å². The summed E-state index contributed by atoms with van der Waals surface area (Å²) in [6.45, 7) is 6.22. The second-order valence-corrected chi connectivity index (χ2v) is 5.98. The minimum atomic E-state index is -0.465. The van der Waals surface area contributed by atoms with Crippen LogP contribution in [0.3, 0.4) is 0 Å². The van der Waals surface area contributed by atoms with E-state index in [1.807, 2.05) is 13.8 Å². The van der Waals surface area contributed by atoms with Gasteiger partial charge >= 0.3 is 11.9 Å². The van der Waals surface area contributed by atoms with Gasteiger partial charge in [-0.25, -0.2) is 9.59 Å². The monoisotopic (exact) mass is 384 g/mol. The molecule has 0 spiro atoms. The smallest absolute Gasteiger partial charge is 0.343 e. The predicted molar refractivity (Wildman–Crippen MR) is 111 cm³/mol. The van der Waals surface area contributed by atoms with E-state index >= 15 is 0 Å². The molecule has 0 amide bonds. The highest BCUT2D eigenvalue weighted by Crippen LogP contribution is 2.16. The van der Waals surface area contributed by atoms with Crippen molar-refractivity contribution in [2.24, 2.45) is 5.92 Å². The highest BCUT2D eigenvalue weighted by Gasteiger charge is 2.11. The molecule has 0 saturated carbocycles. The molecule has 5 heteroatoms. The average molecular weight is 384 g/mol. The second kappa shape index (κ2) is 11.1. The van der Waals surface area contributed by atoms with Gasteiger partial charge in [0, 0.05) is 5.56 Å². The molecule has 1 atom stereocenters. The van der Waals surface area contributed by atoms with Crippen molar-refractivity contribution < 1.29 is 19.1 Å². The summed E-state index contributed by atoms with van der Waals surface area (Å²) in [4.78, 5) is 24.1. The Hall–Kier alpha value is -2.71. The molecule has 0 fully saturated rings. The average Bonchev–Trinajstić information content (AvgIpc) is 2.67. The maximum absolute atomic E-state index is 12.2. The lowest BCUT2D eigenvalue weighted by molar-refractivity contribution is 0.0447. The SMILES string of the molecule is CC#Cc1ccc(C(=O)Oc2ccc(C(=O)OCC(C)CC)cc2)cc1.S. The van der Waals surface area contributed by atoms with E-state index in [1.54, 1.807) is 55.5 Å². The van der Waals surface area contributed by atoms with Crippen LogP contribution in [0.1, 0.15) is 53.5 Å². The van der Waals surface area contributed by atoms with Gasteiger partial charge in [-0.2, -0.15) is 13.5 Å². The minimum absolute atomic E-state index is 0. The summed E-state index contributed by atoms with van der Waals surface area (Å²) in [5.74, 6) is 5.57. The molecule has 2 rings (SSSR count). The lowest BCUT2D eigenvalue weighted by Gasteiger charge is -2.10. The van der Waals surface area contributed by atoms with Crippen LogP contribution in [-0.2, 0) is 4.74 Å². The Kier molecular flexibility index (Phi) is 9.18. The normalized spacial score (nSPS) is 10.6. The number of hydrogen-bond acceptors (Lipinski definition) is 4. The molecule has 2 aromatic rings. The van der Waals surface area contributed by atoms with Gasteiger partial charge in [0.1, 0.15) is 5.75 Å². The Morgan fingerprint density at radius 3 is 2.07 bits per heavy atom. The van der Waals surface area contributed by atoms with Gasteiger partial charge < -0.3 is 9.47 Å². The first kappa shape index (κ1) is 22.3. The highest BCUT2D eigenvalue weighted by atomic mass is 32.1. The fourth-order valence-electron chi connectivity index (χ4n) is 2.08. The zero-order valence-corrected chi connectivity index (χ0v) is 16.7. The third kappa shape index (κ3) is 6.84. The van der Waals surface area contributed by atoms with Crippen LogP contribution in [0.15, 0.2) is 48.5 Å². The van der Waals surface area contributed by atoms with Crippen LogP contribution >= 0.6 is 13.5 Å². The van der Waals surface area contributed by atoms with Crippen molar-refractivity contribution in [3.05, 3.63) is 65.2 Å². The Bertz CT molecular complexity index is 814. The van der Waals surface area contributed by atoms with Crippen LogP contribution in [-0.4, -0.2) is 18.5 Å². The Balaban J connectivity index is 0.00000364. The number of benzene rings is 2. The van der Waals surface area contributed by atoms with Gasteiger partial charge in [-0.15, -0.1) is 5.92 Å². The van der Waals surface area contributed by atoms with E-state index in [0.717, 1.165) is 12.0 Å². The van der Waals surface area contributed by atoms with Crippen molar-refractivity contribution in [1.82, 2.24) is 0 Å². The lowest BCUT2D eigenvalue weighted by atomic mass is 10.1. The second-order valence-electron chi connectivity index (χ2n) is 5.98. The fraction of sp³-hybridized carbons (Fsp3) is 0.273. The third-order valence-electron chi connectivity index (χ3n) is 3.89. The number of carbonyl (C=O) groups is 2. The lowest BCUT2D eigenvalue weighted by Crippen LogP contribution is -2.12. The van der Waals surface area contributed by atoms with Gasteiger partial charge in [0.05, 0.1) is 17.7 Å². The molecular weight excluding hydrogens is 360 g/mol. The van der Waals surface area contributed by atoms with E-state index in [2.05, 4.69) is 11.8 Å². The molecule has 0 N–H and O–H groups in total. The molecular formula is C22H24O4S. The molecule has 0 heterocycles. The van der Waals surface area contributed by atoms with E-state index in [4.69, 9.17) is 9.47 Å². The Morgan fingerprint density at radius 2 is 1.52 bits per heavy atom. The van der Waals surface area contributed by atoms with Crippen molar-refractivity contribution in [3.63, 3.8) is 0 Å². The summed E-state index contributed by atoms with van der Waals surface area (Å²) >= 11 is 0. The molecule has 0 radical (unpaired) electrons. The van der Waals surface area contributed by atoms with Gasteiger partial charge in [-0.1, -0.05) is 26.2 Å². The van der Waals surface area contributed by atoms with Crippen molar-refractivity contribution >= 4 is 25.4 Å². The largest absolute Gasteiger partial charge is 0.462 e. The summed E-state index contributed by atoms with van der Waals surface area (Å²) < 4.78 is 10.6. The van der Waals surface area contributed by atoms with E-state index in [9.17, 15) is 9.59 Å². The summed E-state index contributed by atoms with van der Waals surface area (Å²) in [5, 5.41) is 0. The zero-order valence-electron chi connectivity index (χ0n) is 15.7. The van der Waals surface area contributed by atoms with Gasteiger partial charge in [0.2, 0.25) is 0 Å². The fourth-order valence-corrected chi connectivity index (χ4v) is 2.08. The zero-order chi connectivity index (χ0) is 18.9. The van der Waals surface area contributed by atoms with Crippen LogP contribution in [0.2, 0.25) is 0 Å². The van der Waals surface area contributed by atoms with Crippen molar-refractivity contribution in [2.75, 3.05) is 6.61 Å². The van der Waals surface area contributed by atoms with E-state index < -0.39 is 5.97 Å². The first-order valence-corrected chi connectivity index (χ1v) is 8.55. The summed E-state index contributed by atoms with van der Waals surface area (Å²) in [5.41, 5.74) is 1.70. The molecule has 0 aliphatic heterocycles. The first-order chi connectivity index (χ1) is 12.5. The molecule has 4 nitrogen and oxygen atoms in total. The number of ether oxygens (including phenoxy) is 2. The number of carbonyl (C=O) groups excluding carboxylic acids is 2. The third-order valence-corrected chi connectivity index (χ3v) is 3.89. The van der Waals surface area contributed by atoms with Gasteiger partial charge in [-0.05, 0) is 61.4 Å². The van der Waals surface area contributed by atoms with E-state index in [-0.39, 0.29) is 19.5 Å². The van der Waals surface area contributed by atoms with Crippen LogP contribution in [0.25, 0.3) is 0 Å². The van der Waals surface area contributed by atoms with Gasteiger partial charge in [-0.3, -0.25) is 0 Å². The van der Waals surface area contributed by atoms with Crippen molar-refractivity contribution in [2.45, 2.75) is 27.2 Å². The topological polar surface area (TPSA) is 52.6 Å². The molecule has 0 aliphatic carbocycles. The molecule has 0 aromatic heterocycles. The van der Waals surface area contributed by atoms with Crippen LogP contribution in [0.4, 0.5) is 0 Å². The minimum Gasteiger partial charge on any atom is -0.462 e. The number of rotatable bonds is 6. The summed E-state index contributed by atoms with van der Waals surface area (Å²) in [6, 6.07) is 13.2. The quantitative estimate of drug-likeness (QED) is 0.415. The van der Waals surface area contributed by atoms with Gasteiger partial charge in [0.15, 0.2) is 0 Å². The van der Waals surface area contributed by atoms with E-state index in [0.29, 0.717) is 29.4 Å². The van der Waals surface area contributed by atoms with Crippen LogP contribution in [0, 0.1) is 17.8 Å². The standard InChI is InChI=1S/C22H22O4.H2S/c1-4-6-17-7-9-19(10-8-17)22(24)26-20-13-11-18(12-14-20)21(23)25-15-16(3)5-2;/h7-14,16H,5,15H2,1-3H3;1H2. The molecule has 142 valence electrons. The molecule has 0 bridgehead atoms. The Labute approximate surface area is 167 Å². The molecule has 27 heavy (non-hydrogen) atoms. The molecule has 2 aromatic carbocycles. The van der Waals surface area contributed by atoms with E-state index in [1.165, 1.54) is 0 Å². The van der Waals surface area contributed by atoms with Gasteiger partial charge in [0.25, 0.3) is 0 Å². The summed E-state index contributed by atoms with van der Waals surface area (Å²) in [6.07, 6.45) is 0.953. The number of esters is 2. The van der Waals surface area contributed by atoms with Crippen molar-refractivity contribution in [3.8, 4) is 17.6 Å².